The Balaban J connectivity index is 1.33. The summed E-state index contributed by atoms with van der Waals surface area (Å²) in [5.41, 5.74) is 2.96. The van der Waals surface area contributed by atoms with E-state index in [4.69, 9.17) is 11.6 Å². The maximum absolute atomic E-state index is 12.5. The highest BCUT2D eigenvalue weighted by Crippen LogP contribution is 2.21. The minimum atomic E-state index is -0.0607. The van der Waals surface area contributed by atoms with Gasteiger partial charge in [-0.3, -0.25) is 0 Å². The summed E-state index contributed by atoms with van der Waals surface area (Å²) in [4.78, 5) is 16.6. The van der Waals surface area contributed by atoms with E-state index in [1.165, 1.54) is 0 Å². The molecule has 0 spiro atoms. The van der Waals surface area contributed by atoms with Gasteiger partial charge in [-0.05, 0) is 54.6 Å². The van der Waals surface area contributed by atoms with Crippen molar-refractivity contribution in [1.82, 2.24) is 9.47 Å². The molecule has 2 aromatic carbocycles. The van der Waals surface area contributed by atoms with E-state index in [0.717, 1.165) is 35.2 Å². The summed E-state index contributed by atoms with van der Waals surface area (Å²) in [6, 6.07) is 19.6. The van der Waals surface area contributed by atoms with Crippen molar-refractivity contribution in [2.75, 3.05) is 36.4 Å². The standard InChI is InChI=1S/C21H21ClN4O/c22-17-4-3-5-20(16-17)25-12-14-26(15-13-25)21(27)23-18-6-8-19(9-7-18)24-10-1-2-11-24/h1-11,16H,12-15H2,(H,23,27). The van der Waals surface area contributed by atoms with E-state index in [1.54, 1.807) is 0 Å². The van der Waals surface area contributed by atoms with Crippen LogP contribution in [0.15, 0.2) is 73.1 Å². The van der Waals surface area contributed by atoms with Gasteiger partial charge < -0.3 is 19.7 Å². The van der Waals surface area contributed by atoms with Crippen LogP contribution in [-0.2, 0) is 0 Å². The fraction of sp³-hybridized carbons (Fsp3) is 0.190. The number of rotatable bonds is 3. The zero-order chi connectivity index (χ0) is 18.6. The largest absolute Gasteiger partial charge is 0.368 e. The SMILES string of the molecule is O=C(Nc1ccc(-n2cccc2)cc1)N1CCN(c2cccc(Cl)c2)CC1. The molecule has 0 bridgehead atoms. The van der Waals surface area contributed by atoms with E-state index in [1.807, 2.05) is 82.5 Å². The molecule has 0 saturated carbocycles. The third-order valence-electron chi connectivity index (χ3n) is 4.76. The van der Waals surface area contributed by atoms with Crippen LogP contribution < -0.4 is 10.2 Å². The summed E-state index contributed by atoms with van der Waals surface area (Å²) in [5, 5.41) is 3.72. The lowest BCUT2D eigenvalue weighted by Gasteiger charge is -2.36. The number of nitrogens with one attached hydrogen (secondary N) is 1. The van der Waals surface area contributed by atoms with Crippen LogP contribution in [-0.4, -0.2) is 41.7 Å². The van der Waals surface area contributed by atoms with Gasteiger partial charge in [0.15, 0.2) is 0 Å². The maximum atomic E-state index is 12.5. The molecule has 6 heteroatoms. The van der Waals surface area contributed by atoms with Crippen molar-refractivity contribution < 1.29 is 4.79 Å². The van der Waals surface area contributed by atoms with E-state index in [9.17, 15) is 4.79 Å². The van der Waals surface area contributed by atoms with Crippen molar-refractivity contribution in [3.05, 3.63) is 78.1 Å². The number of carbonyl (C=O) groups is 1. The van der Waals surface area contributed by atoms with Gasteiger partial charge in [-0.25, -0.2) is 4.79 Å². The van der Waals surface area contributed by atoms with Gasteiger partial charge in [0.25, 0.3) is 0 Å². The molecular formula is C21H21ClN4O. The van der Waals surface area contributed by atoms with Crippen LogP contribution in [0.25, 0.3) is 5.69 Å². The molecule has 5 nitrogen and oxygen atoms in total. The predicted octanol–water partition coefficient (Wildman–Crippen LogP) is 4.48. The lowest BCUT2D eigenvalue weighted by Crippen LogP contribution is -2.50. The number of piperazine rings is 1. The fourth-order valence-electron chi connectivity index (χ4n) is 3.27. The number of amides is 2. The Hall–Kier alpha value is -2.92. The molecular weight excluding hydrogens is 360 g/mol. The number of hydrogen-bond acceptors (Lipinski definition) is 2. The number of nitrogens with zero attached hydrogens (tertiary/aromatic N) is 3. The molecule has 2 amide bonds. The first kappa shape index (κ1) is 17.5. The van der Waals surface area contributed by atoms with Gasteiger partial charge in [0.1, 0.15) is 0 Å². The third-order valence-corrected chi connectivity index (χ3v) is 5.00. The Kier molecular flexibility index (Phi) is 5.03. The predicted molar refractivity (Wildman–Crippen MR) is 110 cm³/mol. The quantitative estimate of drug-likeness (QED) is 0.727. The lowest BCUT2D eigenvalue weighted by atomic mass is 10.2. The van der Waals surface area contributed by atoms with E-state index in [2.05, 4.69) is 10.2 Å². The first-order valence-electron chi connectivity index (χ1n) is 8.99. The first-order valence-corrected chi connectivity index (χ1v) is 9.37. The van der Waals surface area contributed by atoms with Crippen molar-refractivity contribution in [3.63, 3.8) is 0 Å². The number of halogens is 1. The van der Waals surface area contributed by atoms with Crippen LogP contribution >= 0.6 is 11.6 Å². The highest BCUT2D eigenvalue weighted by Gasteiger charge is 2.21. The lowest BCUT2D eigenvalue weighted by molar-refractivity contribution is 0.208. The highest BCUT2D eigenvalue weighted by atomic mass is 35.5. The Morgan fingerprint density at radius 2 is 1.56 bits per heavy atom. The zero-order valence-electron chi connectivity index (χ0n) is 14.9. The Labute approximate surface area is 163 Å². The van der Waals surface area contributed by atoms with Crippen molar-refractivity contribution in [2.24, 2.45) is 0 Å². The van der Waals surface area contributed by atoms with Gasteiger partial charge in [-0.2, -0.15) is 0 Å². The molecule has 0 unspecified atom stereocenters. The summed E-state index contributed by atoms with van der Waals surface area (Å²) in [7, 11) is 0. The van der Waals surface area contributed by atoms with Crippen LogP contribution in [0.1, 0.15) is 0 Å². The maximum Gasteiger partial charge on any atom is 0.321 e. The molecule has 4 rings (SSSR count). The van der Waals surface area contributed by atoms with E-state index in [-0.39, 0.29) is 6.03 Å². The molecule has 27 heavy (non-hydrogen) atoms. The van der Waals surface area contributed by atoms with Gasteiger partial charge in [0, 0.05) is 60.7 Å². The number of benzene rings is 2. The third kappa shape index (κ3) is 4.09. The zero-order valence-corrected chi connectivity index (χ0v) is 15.6. The van der Waals surface area contributed by atoms with Crippen LogP contribution in [0.4, 0.5) is 16.2 Å². The monoisotopic (exact) mass is 380 g/mol. The van der Waals surface area contributed by atoms with E-state index >= 15 is 0 Å². The molecule has 3 aromatic rings. The van der Waals surface area contributed by atoms with Gasteiger partial charge in [-0.1, -0.05) is 17.7 Å². The van der Waals surface area contributed by atoms with E-state index in [0.29, 0.717) is 13.1 Å². The second-order valence-corrected chi connectivity index (χ2v) is 6.96. The van der Waals surface area contributed by atoms with Crippen molar-refractivity contribution in [2.45, 2.75) is 0 Å². The molecule has 1 aliphatic rings. The van der Waals surface area contributed by atoms with Gasteiger partial charge in [-0.15, -0.1) is 0 Å². The Morgan fingerprint density at radius 1 is 0.852 bits per heavy atom. The molecule has 0 aliphatic carbocycles. The van der Waals surface area contributed by atoms with Crippen LogP contribution in [0, 0.1) is 0 Å². The highest BCUT2D eigenvalue weighted by molar-refractivity contribution is 6.30. The molecule has 1 fully saturated rings. The molecule has 0 atom stereocenters. The number of aromatic nitrogens is 1. The van der Waals surface area contributed by atoms with Crippen molar-refractivity contribution in [3.8, 4) is 5.69 Å². The summed E-state index contributed by atoms with van der Waals surface area (Å²) in [5.74, 6) is 0. The van der Waals surface area contributed by atoms with Crippen molar-refractivity contribution in [1.29, 1.82) is 0 Å². The average Bonchev–Trinajstić information content (AvgIpc) is 3.23. The topological polar surface area (TPSA) is 40.5 Å². The normalized spacial score (nSPS) is 14.3. The second kappa shape index (κ2) is 7.76. The van der Waals surface area contributed by atoms with Crippen LogP contribution in [0.3, 0.4) is 0 Å². The number of hydrogen-bond donors (Lipinski definition) is 1. The van der Waals surface area contributed by atoms with Gasteiger partial charge in [0.05, 0.1) is 0 Å². The molecule has 0 radical (unpaired) electrons. The molecule has 1 aliphatic heterocycles. The second-order valence-electron chi connectivity index (χ2n) is 6.52. The molecule has 1 N–H and O–H groups in total. The summed E-state index contributed by atoms with van der Waals surface area (Å²) in [6.45, 7) is 2.94. The number of urea groups is 1. The molecule has 2 heterocycles. The van der Waals surface area contributed by atoms with Crippen LogP contribution in [0.5, 0.6) is 0 Å². The summed E-state index contributed by atoms with van der Waals surface area (Å²) in [6.07, 6.45) is 3.99. The molecule has 1 aromatic heterocycles. The number of carbonyl (C=O) groups excluding carboxylic acids is 1. The minimum Gasteiger partial charge on any atom is -0.368 e. The van der Waals surface area contributed by atoms with Crippen LogP contribution in [0.2, 0.25) is 5.02 Å². The van der Waals surface area contributed by atoms with Crippen molar-refractivity contribution >= 4 is 29.0 Å². The number of anilines is 2. The Bertz CT molecular complexity index is 900. The first-order chi connectivity index (χ1) is 13.2. The molecule has 1 saturated heterocycles. The average molecular weight is 381 g/mol. The molecule has 138 valence electrons. The minimum absolute atomic E-state index is 0.0607. The Morgan fingerprint density at radius 3 is 2.22 bits per heavy atom. The summed E-state index contributed by atoms with van der Waals surface area (Å²) < 4.78 is 2.03. The van der Waals surface area contributed by atoms with Gasteiger partial charge in [0.2, 0.25) is 0 Å². The summed E-state index contributed by atoms with van der Waals surface area (Å²) >= 11 is 6.07. The van der Waals surface area contributed by atoms with E-state index < -0.39 is 0 Å². The smallest absolute Gasteiger partial charge is 0.321 e. The van der Waals surface area contributed by atoms with Gasteiger partial charge >= 0.3 is 6.03 Å². The fourth-order valence-corrected chi connectivity index (χ4v) is 3.45.